The van der Waals surface area contributed by atoms with Gasteiger partial charge in [0.25, 0.3) is 5.91 Å². The summed E-state index contributed by atoms with van der Waals surface area (Å²) in [6, 6.07) is 9.16. The number of halogens is 4. The third-order valence-corrected chi connectivity index (χ3v) is 4.96. The Morgan fingerprint density at radius 2 is 2.03 bits per heavy atom. The van der Waals surface area contributed by atoms with Crippen molar-refractivity contribution in [3.8, 4) is 0 Å². The topological polar surface area (TPSA) is 58.5 Å². The number of allylic oxidation sites excluding steroid dienone is 3. The molecular weight excluding hydrogens is 417 g/mol. The maximum absolute atomic E-state index is 13.7. The van der Waals surface area contributed by atoms with Crippen molar-refractivity contribution < 1.29 is 22.9 Å². The van der Waals surface area contributed by atoms with Gasteiger partial charge in [-0.2, -0.15) is 13.2 Å². The van der Waals surface area contributed by atoms with E-state index in [1.165, 1.54) is 18.3 Å². The summed E-state index contributed by atoms with van der Waals surface area (Å²) in [6.45, 7) is 0. The number of amides is 1. The van der Waals surface area contributed by atoms with Crippen LogP contribution in [0.3, 0.4) is 0 Å². The number of hydrogen-bond donors (Lipinski definition) is 2. The minimum absolute atomic E-state index is 0.159. The first-order valence-electron chi connectivity index (χ1n) is 9.08. The van der Waals surface area contributed by atoms with Crippen LogP contribution in [0.15, 0.2) is 78.8 Å². The van der Waals surface area contributed by atoms with E-state index < -0.39 is 24.3 Å². The van der Waals surface area contributed by atoms with Gasteiger partial charge >= 0.3 is 6.18 Å². The minimum Gasteiger partial charge on any atom is -0.355 e. The Hall–Kier alpha value is -3.26. The van der Waals surface area contributed by atoms with Gasteiger partial charge in [0.2, 0.25) is 11.7 Å². The molecule has 2 unspecified atom stereocenters. The second kappa shape index (κ2) is 7.87. The molecule has 0 bridgehead atoms. The Morgan fingerprint density at radius 1 is 1.20 bits per heavy atom. The van der Waals surface area contributed by atoms with Crippen molar-refractivity contribution in [1.82, 2.24) is 15.5 Å². The lowest BCUT2D eigenvalue weighted by Crippen LogP contribution is -2.52. The fourth-order valence-corrected chi connectivity index (χ4v) is 3.57. The molecule has 2 aromatic rings. The number of nitrogens with zero attached hydrogens (tertiary/aromatic N) is 1. The lowest BCUT2D eigenvalue weighted by molar-refractivity contribution is -0.401. The smallest absolute Gasteiger partial charge is 0.355 e. The summed E-state index contributed by atoms with van der Waals surface area (Å²) in [4.78, 5) is 17.1. The molecule has 0 saturated carbocycles. The first-order chi connectivity index (χ1) is 14.3. The number of benzene rings is 1. The molecule has 2 aliphatic rings. The molecular formula is C21H17ClF3N4O+. The normalized spacial score (nSPS) is 18.8. The van der Waals surface area contributed by atoms with Gasteiger partial charge in [-0.25, -0.2) is 4.98 Å². The molecule has 0 saturated heterocycles. The van der Waals surface area contributed by atoms with E-state index in [2.05, 4.69) is 15.6 Å². The van der Waals surface area contributed by atoms with Crippen molar-refractivity contribution in [3.05, 3.63) is 95.1 Å². The first-order valence-corrected chi connectivity index (χ1v) is 9.46. The monoisotopic (exact) mass is 433 g/mol. The molecule has 0 spiro atoms. The fraction of sp³-hybridized carbons (Fsp3) is 0.143. The summed E-state index contributed by atoms with van der Waals surface area (Å²) in [7, 11) is 0. The van der Waals surface area contributed by atoms with E-state index >= 15 is 0 Å². The highest BCUT2D eigenvalue weighted by Gasteiger charge is 2.47. The third-order valence-electron chi connectivity index (χ3n) is 4.73. The van der Waals surface area contributed by atoms with Crippen LogP contribution < -0.4 is 15.6 Å². The molecule has 0 aliphatic carbocycles. The van der Waals surface area contributed by atoms with Crippen molar-refractivity contribution in [2.45, 2.75) is 18.4 Å². The number of fused-ring (bicyclic) bond motifs is 1. The van der Waals surface area contributed by atoms with Gasteiger partial charge in [0.05, 0.1) is 11.4 Å². The molecule has 0 fully saturated rings. The molecule has 30 heavy (non-hydrogen) atoms. The number of H-pyrrole nitrogens is 1. The van der Waals surface area contributed by atoms with E-state index in [1.807, 2.05) is 6.07 Å². The van der Waals surface area contributed by atoms with Crippen LogP contribution in [0, 0.1) is 0 Å². The molecule has 2 atom stereocenters. The Labute approximate surface area is 175 Å². The molecule has 154 valence electrons. The van der Waals surface area contributed by atoms with Gasteiger partial charge in [0.1, 0.15) is 0 Å². The zero-order chi connectivity index (χ0) is 21.3. The third kappa shape index (κ3) is 3.91. The molecule has 9 heteroatoms. The zero-order valence-electron chi connectivity index (χ0n) is 15.5. The lowest BCUT2D eigenvalue weighted by atomic mass is 10.1. The fourth-order valence-electron chi connectivity index (χ4n) is 3.38. The maximum atomic E-state index is 13.7. The quantitative estimate of drug-likeness (QED) is 0.775. The number of aromatic nitrogens is 1. The molecule has 4 rings (SSSR count). The number of hydrogen-bond acceptors (Lipinski definition) is 3. The van der Waals surface area contributed by atoms with Crippen LogP contribution in [-0.2, 0) is 4.79 Å². The van der Waals surface area contributed by atoms with Gasteiger partial charge < -0.3 is 15.5 Å². The largest absolute Gasteiger partial charge is 0.418 e. The van der Waals surface area contributed by atoms with Crippen molar-refractivity contribution >= 4 is 23.2 Å². The molecule has 2 aliphatic heterocycles. The van der Waals surface area contributed by atoms with Crippen LogP contribution in [0.4, 0.5) is 13.2 Å². The van der Waals surface area contributed by atoms with Crippen LogP contribution in [0.2, 0.25) is 5.02 Å². The Morgan fingerprint density at radius 3 is 2.73 bits per heavy atom. The summed E-state index contributed by atoms with van der Waals surface area (Å²) < 4.78 is 41.0. The summed E-state index contributed by atoms with van der Waals surface area (Å²) in [5.74, 6) is -0.816. The van der Waals surface area contributed by atoms with Crippen LogP contribution in [0.5, 0.6) is 0 Å². The summed E-state index contributed by atoms with van der Waals surface area (Å²) >= 11 is 6.08. The number of nitrogens with one attached hydrogen (secondary N) is 3. The second-order valence-electron chi connectivity index (χ2n) is 6.73. The van der Waals surface area contributed by atoms with E-state index in [0.29, 0.717) is 16.4 Å². The summed E-state index contributed by atoms with van der Waals surface area (Å²) in [5, 5.41) is 5.67. The highest BCUT2D eigenvalue weighted by atomic mass is 35.5. The zero-order valence-corrected chi connectivity index (χ0v) is 16.2. The first kappa shape index (κ1) is 20.0. The van der Waals surface area contributed by atoms with E-state index in [4.69, 9.17) is 11.6 Å². The van der Waals surface area contributed by atoms with E-state index in [-0.39, 0.29) is 5.69 Å². The van der Waals surface area contributed by atoms with Crippen LogP contribution in [0.1, 0.15) is 17.3 Å². The summed E-state index contributed by atoms with van der Waals surface area (Å²) in [6.07, 6.45) is 2.57. The number of pyridine rings is 1. The molecule has 1 aromatic carbocycles. The van der Waals surface area contributed by atoms with E-state index in [9.17, 15) is 18.0 Å². The van der Waals surface area contributed by atoms with Gasteiger partial charge in [-0.15, -0.1) is 0 Å². The second-order valence-corrected chi connectivity index (χ2v) is 7.16. The average Bonchev–Trinajstić information content (AvgIpc) is 3.11. The Kier molecular flexibility index (Phi) is 5.26. The van der Waals surface area contributed by atoms with E-state index in [0.717, 1.165) is 5.56 Å². The van der Waals surface area contributed by atoms with Crippen molar-refractivity contribution in [3.63, 3.8) is 0 Å². The lowest BCUT2D eigenvalue weighted by Gasteiger charge is -2.27. The summed E-state index contributed by atoms with van der Waals surface area (Å²) in [5.41, 5.74) is 1.83. The number of carbonyl (C=O) groups is 1. The van der Waals surface area contributed by atoms with Crippen molar-refractivity contribution in [1.29, 1.82) is 0 Å². The maximum Gasteiger partial charge on any atom is 0.418 e. The SMILES string of the molecule is O=C(NC(c1cccc[nH+]1)C(F)(F)F)C1NC(c2cccc(Cl)c2)=C2C=CC=CN21. The highest BCUT2D eigenvalue weighted by Crippen LogP contribution is 2.34. The van der Waals surface area contributed by atoms with E-state index in [1.54, 1.807) is 53.6 Å². The van der Waals surface area contributed by atoms with Gasteiger partial charge in [0, 0.05) is 28.9 Å². The molecule has 1 amide bonds. The van der Waals surface area contributed by atoms with Gasteiger partial charge in [0.15, 0.2) is 12.4 Å². The van der Waals surface area contributed by atoms with Crippen molar-refractivity contribution in [2.24, 2.45) is 0 Å². The average molecular weight is 434 g/mol. The van der Waals surface area contributed by atoms with Crippen LogP contribution in [-0.4, -0.2) is 23.1 Å². The number of carbonyl (C=O) groups excluding carboxylic acids is 1. The number of aromatic amines is 1. The number of rotatable bonds is 4. The van der Waals surface area contributed by atoms with Gasteiger partial charge in [-0.1, -0.05) is 35.9 Å². The highest BCUT2D eigenvalue weighted by molar-refractivity contribution is 6.30. The molecule has 3 heterocycles. The van der Waals surface area contributed by atoms with Crippen LogP contribution in [0.25, 0.3) is 5.70 Å². The molecule has 1 aromatic heterocycles. The molecule has 5 nitrogen and oxygen atoms in total. The van der Waals surface area contributed by atoms with Crippen molar-refractivity contribution in [2.75, 3.05) is 0 Å². The minimum atomic E-state index is -4.67. The predicted octanol–water partition coefficient (Wildman–Crippen LogP) is 3.56. The van der Waals surface area contributed by atoms with Crippen LogP contribution >= 0.6 is 11.6 Å². The Balaban J connectivity index is 1.62. The van der Waals surface area contributed by atoms with Gasteiger partial charge in [-0.3, -0.25) is 4.79 Å². The Bertz CT molecular complexity index is 1050. The number of alkyl halides is 3. The predicted molar refractivity (Wildman–Crippen MR) is 105 cm³/mol. The molecule has 0 radical (unpaired) electrons. The molecule has 3 N–H and O–H groups in total. The van der Waals surface area contributed by atoms with Gasteiger partial charge in [-0.05, 0) is 24.3 Å². The standard InChI is InChI=1S/C21H16ClF3N4O/c22-14-7-5-6-13(12-14)17-16-9-2-4-11-29(16)19(27-17)20(30)28-18(21(23,24)25)15-8-1-3-10-26-15/h1-12,18-19,27H,(H,28,30)/p+1.